The Morgan fingerprint density at radius 1 is 0.591 bits per heavy atom. The van der Waals surface area contributed by atoms with Crippen LogP contribution in [0.15, 0.2) is 133 Å². The molecule has 44 heavy (non-hydrogen) atoms. The highest BCUT2D eigenvalue weighted by molar-refractivity contribution is 5.98. The third kappa shape index (κ3) is 8.04. The molecule has 0 unspecified atom stereocenters. The van der Waals surface area contributed by atoms with Crippen molar-refractivity contribution < 1.29 is 28.5 Å². The Labute approximate surface area is 257 Å². The summed E-state index contributed by atoms with van der Waals surface area (Å²) in [5.41, 5.74) is 3.67. The Morgan fingerprint density at radius 3 is 1.43 bits per heavy atom. The summed E-state index contributed by atoms with van der Waals surface area (Å²) < 4.78 is 23.9. The first-order valence-electron chi connectivity index (χ1n) is 14.2. The van der Waals surface area contributed by atoms with Crippen LogP contribution in [-0.2, 0) is 29.4 Å². The summed E-state index contributed by atoms with van der Waals surface area (Å²) in [6, 6.07) is 40.3. The highest BCUT2D eigenvalue weighted by Crippen LogP contribution is 2.40. The average molecular weight is 588 g/mol. The molecule has 7 heteroatoms. The van der Waals surface area contributed by atoms with Crippen LogP contribution in [0.4, 0.5) is 0 Å². The van der Waals surface area contributed by atoms with Gasteiger partial charge in [-0.2, -0.15) is 0 Å². The van der Waals surface area contributed by atoms with E-state index in [1.807, 2.05) is 97.1 Å². The molecule has 222 valence electrons. The van der Waals surface area contributed by atoms with Gasteiger partial charge in [-0.05, 0) is 34.4 Å². The van der Waals surface area contributed by atoms with E-state index >= 15 is 0 Å². The molecule has 1 N–H and O–H groups in total. The summed E-state index contributed by atoms with van der Waals surface area (Å²) in [5.74, 6) is -0.0732. The van der Waals surface area contributed by atoms with E-state index in [2.05, 4.69) is 5.32 Å². The van der Waals surface area contributed by atoms with Gasteiger partial charge in [-0.1, -0.05) is 121 Å². The van der Waals surface area contributed by atoms with Crippen LogP contribution in [0.3, 0.4) is 0 Å². The minimum atomic E-state index is -1.01. The minimum absolute atomic E-state index is 0.230. The van der Waals surface area contributed by atoms with E-state index < -0.39 is 17.9 Å². The van der Waals surface area contributed by atoms with Crippen molar-refractivity contribution in [3.05, 3.63) is 161 Å². The zero-order chi connectivity index (χ0) is 30.6. The number of rotatable bonds is 13. The smallest absolute Gasteiger partial charge is 0.333 e. The molecular formula is C37H33NO6. The number of hydrogen-bond acceptors (Lipinski definition) is 6. The summed E-state index contributed by atoms with van der Waals surface area (Å²) in [5, 5.41) is 2.81. The van der Waals surface area contributed by atoms with Gasteiger partial charge in [0.1, 0.15) is 19.8 Å². The van der Waals surface area contributed by atoms with Crippen molar-refractivity contribution in [2.45, 2.75) is 25.9 Å². The molecule has 0 aromatic heterocycles. The topological polar surface area (TPSA) is 83.1 Å². The number of hydrogen-bond donors (Lipinski definition) is 1. The van der Waals surface area contributed by atoms with Crippen molar-refractivity contribution in [3.8, 4) is 17.2 Å². The fourth-order valence-corrected chi connectivity index (χ4v) is 4.52. The van der Waals surface area contributed by atoms with E-state index in [9.17, 15) is 9.59 Å². The number of carbonyl (C=O) groups excluding carboxylic acids is 2. The maximum atomic E-state index is 13.7. The van der Waals surface area contributed by atoms with Gasteiger partial charge in [-0.3, -0.25) is 4.79 Å². The Hall–Kier alpha value is -5.56. The number of ether oxygens (including phenoxy) is 4. The molecule has 1 atom stereocenters. The fraction of sp³-hybridized carbons (Fsp3) is 0.135. The molecule has 0 heterocycles. The maximum absolute atomic E-state index is 13.7. The SMILES string of the molecule is COC(=O)[C@H](NC(=O)c1cc(OCc2ccccc2)c(OCc2ccccc2)c(OCc2ccccc2)c1)c1ccccc1. The van der Waals surface area contributed by atoms with E-state index in [-0.39, 0.29) is 25.4 Å². The van der Waals surface area contributed by atoms with Gasteiger partial charge in [-0.25, -0.2) is 4.79 Å². The molecule has 0 aliphatic carbocycles. The van der Waals surface area contributed by atoms with Crippen molar-refractivity contribution >= 4 is 11.9 Å². The Kier molecular flexibility index (Phi) is 10.2. The number of benzene rings is 5. The lowest BCUT2D eigenvalue weighted by molar-refractivity contribution is -0.143. The van der Waals surface area contributed by atoms with Crippen molar-refractivity contribution in [2.75, 3.05) is 7.11 Å². The van der Waals surface area contributed by atoms with Crippen LogP contribution in [0.1, 0.15) is 38.7 Å². The number of nitrogens with one attached hydrogen (secondary N) is 1. The second-order valence-corrected chi connectivity index (χ2v) is 9.96. The molecule has 5 aromatic carbocycles. The molecule has 5 aromatic rings. The summed E-state index contributed by atoms with van der Waals surface area (Å²) in [6.45, 7) is 0.731. The zero-order valence-corrected chi connectivity index (χ0v) is 24.3. The number of amides is 1. The van der Waals surface area contributed by atoms with E-state index in [0.717, 1.165) is 16.7 Å². The molecule has 0 spiro atoms. The van der Waals surface area contributed by atoms with Crippen LogP contribution >= 0.6 is 0 Å². The average Bonchev–Trinajstić information content (AvgIpc) is 3.09. The molecule has 0 saturated carbocycles. The van der Waals surface area contributed by atoms with Crippen LogP contribution in [0.2, 0.25) is 0 Å². The normalized spacial score (nSPS) is 11.2. The van der Waals surface area contributed by atoms with Gasteiger partial charge < -0.3 is 24.3 Å². The van der Waals surface area contributed by atoms with Crippen LogP contribution in [0.25, 0.3) is 0 Å². The summed E-state index contributed by atoms with van der Waals surface area (Å²) in [7, 11) is 1.29. The lowest BCUT2D eigenvalue weighted by Gasteiger charge is -2.20. The number of methoxy groups -OCH3 is 1. The van der Waals surface area contributed by atoms with Gasteiger partial charge in [0.15, 0.2) is 17.5 Å². The standard InChI is InChI=1S/C37H33NO6/c1-41-37(40)34(30-20-12-5-13-21-30)38-36(39)31-22-32(42-24-27-14-6-2-7-15-27)35(44-26-29-18-10-4-11-19-29)33(23-31)43-25-28-16-8-3-9-17-28/h2-23,34H,24-26H2,1H3,(H,38,39)/t34-/m1/s1. The summed E-state index contributed by atoms with van der Waals surface area (Å²) in [4.78, 5) is 26.4. The predicted molar refractivity (Wildman–Crippen MR) is 167 cm³/mol. The second-order valence-electron chi connectivity index (χ2n) is 9.96. The zero-order valence-electron chi connectivity index (χ0n) is 24.3. The van der Waals surface area contributed by atoms with Gasteiger partial charge in [0.25, 0.3) is 5.91 Å². The Balaban J connectivity index is 1.51. The maximum Gasteiger partial charge on any atom is 0.333 e. The van der Waals surface area contributed by atoms with Crippen molar-refractivity contribution in [1.82, 2.24) is 5.32 Å². The van der Waals surface area contributed by atoms with E-state index in [0.29, 0.717) is 22.8 Å². The van der Waals surface area contributed by atoms with Gasteiger partial charge in [0.2, 0.25) is 5.75 Å². The monoisotopic (exact) mass is 587 g/mol. The van der Waals surface area contributed by atoms with Crippen molar-refractivity contribution in [2.24, 2.45) is 0 Å². The minimum Gasteiger partial charge on any atom is -0.485 e. The Morgan fingerprint density at radius 2 is 1.00 bits per heavy atom. The van der Waals surface area contributed by atoms with Crippen molar-refractivity contribution in [1.29, 1.82) is 0 Å². The lowest BCUT2D eigenvalue weighted by atomic mass is 10.1. The lowest BCUT2D eigenvalue weighted by Crippen LogP contribution is -2.34. The van der Waals surface area contributed by atoms with E-state index in [1.165, 1.54) is 7.11 Å². The first kappa shape index (κ1) is 29.9. The van der Waals surface area contributed by atoms with Crippen LogP contribution < -0.4 is 19.5 Å². The molecule has 7 nitrogen and oxygen atoms in total. The van der Waals surface area contributed by atoms with Gasteiger partial charge in [0.05, 0.1) is 7.11 Å². The molecule has 0 saturated heterocycles. The highest BCUT2D eigenvalue weighted by Gasteiger charge is 2.26. The van der Waals surface area contributed by atoms with Crippen LogP contribution in [0, 0.1) is 0 Å². The van der Waals surface area contributed by atoms with Crippen LogP contribution in [-0.4, -0.2) is 19.0 Å². The fourth-order valence-electron chi connectivity index (χ4n) is 4.52. The molecule has 1 amide bonds. The van der Waals surface area contributed by atoms with Gasteiger partial charge >= 0.3 is 5.97 Å². The summed E-state index contributed by atoms with van der Waals surface area (Å²) >= 11 is 0. The van der Waals surface area contributed by atoms with Gasteiger partial charge in [-0.15, -0.1) is 0 Å². The molecular weight excluding hydrogens is 554 g/mol. The molecule has 0 aliphatic heterocycles. The number of esters is 1. The molecule has 0 bridgehead atoms. The van der Waals surface area contributed by atoms with Crippen molar-refractivity contribution in [3.63, 3.8) is 0 Å². The Bertz CT molecular complexity index is 1580. The first-order valence-corrected chi connectivity index (χ1v) is 14.2. The van der Waals surface area contributed by atoms with E-state index in [4.69, 9.17) is 18.9 Å². The van der Waals surface area contributed by atoms with Crippen LogP contribution in [0.5, 0.6) is 17.2 Å². The molecule has 0 aliphatic rings. The number of carbonyl (C=O) groups is 2. The molecule has 0 radical (unpaired) electrons. The van der Waals surface area contributed by atoms with Gasteiger partial charge in [0, 0.05) is 5.56 Å². The molecule has 5 rings (SSSR count). The predicted octanol–water partition coefficient (Wildman–Crippen LogP) is 7.07. The van der Waals surface area contributed by atoms with E-state index in [1.54, 1.807) is 36.4 Å². The highest BCUT2D eigenvalue weighted by atomic mass is 16.5. The molecule has 0 fully saturated rings. The second kappa shape index (κ2) is 15.1. The summed E-state index contributed by atoms with van der Waals surface area (Å²) in [6.07, 6.45) is 0. The quantitative estimate of drug-likeness (QED) is 0.148. The third-order valence-corrected chi connectivity index (χ3v) is 6.83. The largest absolute Gasteiger partial charge is 0.485 e. The third-order valence-electron chi connectivity index (χ3n) is 6.83. The first-order chi connectivity index (χ1) is 21.6.